The fraction of sp³-hybridized carbons (Fsp3) is 0.222. The van der Waals surface area contributed by atoms with Gasteiger partial charge in [-0.25, -0.2) is 4.79 Å². The summed E-state index contributed by atoms with van der Waals surface area (Å²) < 4.78 is 0.933. The van der Waals surface area contributed by atoms with Crippen molar-refractivity contribution in [3.8, 4) is 0 Å². The fourth-order valence-electron chi connectivity index (χ4n) is 1.12. The Morgan fingerprint density at radius 3 is 2.80 bits per heavy atom. The minimum Gasteiger partial charge on any atom is -0.480 e. The molecule has 0 fully saturated rings. The van der Waals surface area contributed by atoms with Crippen LogP contribution in [0.25, 0.3) is 0 Å². The first kappa shape index (κ1) is 11.0. The third-order valence-corrected chi connectivity index (χ3v) is 1.75. The van der Waals surface area contributed by atoms with E-state index in [9.17, 15) is 14.4 Å². The molecular formula is C9H10N2O4. The second kappa shape index (κ2) is 4.41. The van der Waals surface area contributed by atoms with E-state index < -0.39 is 23.8 Å². The van der Waals surface area contributed by atoms with Gasteiger partial charge in [-0.3, -0.25) is 19.1 Å². The summed E-state index contributed by atoms with van der Waals surface area (Å²) in [6.45, 7) is 2.98. The van der Waals surface area contributed by atoms with Crippen LogP contribution in [0.1, 0.15) is 5.56 Å². The maximum atomic E-state index is 11.2. The molecule has 0 atom stereocenters. The maximum Gasteiger partial charge on any atom is 0.328 e. The van der Waals surface area contributed by atoms with Crippen LogP contribution >= 0.6 is 0 Å². The van der Waals surface area contributed by atoms with Crippen LogP contribution in [0.5, 0.6) is 0 Å². The van der Waals surface area contributed by atoms with Crippen molar-refractivity contribution in [2.24, 2.45) is 0 Å². The Hall–Kier alpha value is -2.11. The summed E-state index contributed by atoms with van der Waals surface area (Å²) in [5.74, 6) is -1.14. The van der Waals surface area contributed by atoms with Crippen molar-refractivity contribution in [1.29, 1.82) is 0 Å². The highest BCUT2D eigenvalue weighted by Gasteiger charge is 2.05. The van der Waals surface area contributed by atoms with Gasteiger partial charge in [0, 0.05) is 11.8 Å². The molecular weight excluding hydrogens is 200 g/mol. The standard InChI is InChI=1S/C9H10N2O4/c1-2-3-6-4-11(5-7(12)13)9(15)10-8(6)14/h2,4H,1,3,5H2,(H,12,13)(H,10,14,15). The first-order valence-corrected chi connectivity index (χ1v) is 4.20. The van der Waals surface area contributed by atoms with Gasteiger partial charge in [-0.15, -0.1) is 6.58 Å². The summed E-state index contributed by atoms with van der Waals surface area (Å²) in [7, 11) is 0. The predicted octanol–water partition coefficient (Wildman–Crippen LogP) is -0.650. The molecule has 0 aromatic carbocycles. The SMILES string of the molecule is C=CCc1cn(CC(=O)O)c(=O)[nH]c1=O. The van der Waals surface area contributed by atoms with E-state index in [1.165, 1.54) is 12.3 Å². The number of hydrogen-bond acceptors (Lipinski definition) is 3. The molecule has 1 aromatic rings. The highest BCUT2D eigenvalue weighted by atomic mass is 16.4. The van der Waals surface area contributed by atoms with Crippen molar-refractivity contribution in [3.63, 3.8) is 0 Å². The number of carbonyl (C=O) groups is 1. The normalized spacial score (nSPS) is 9.87. The van der Waals surface area contributed by atoms with Crippen molar-refractivity contribution in [3.05, 3.63) is 45.3 Å². The van der Waals surface area contributed by atoms with E-state index in [0.29, 0.717) is 5.56 Å². The Balaban J connectivity index is 3.23. The predicted molar refractivity (Wildman–Crippen MR) is 52.9 cm³/mol. The van der Waals surface area contributed by atoms with E-state index in [-0.39, 0.29) is 6.42 Å². The number of aliphatic carboxylic acids is 1. The third kappa shape index (κ3) is 2.67. The molecule has 0 unspecified atom stereocenters. The first-order valence-electron chi connectivity index (χ1n) is 4.20. The first-order chi connectivity index (χ1) is 7.04. The smallest absolute Gasteiger partial charge is 0.328 e. The minimum absolute atomic E-state index is 0.287. The fourth-order valence-corrected chi connectivity index (χ4v) is 1.12. The largest absolute Gasteiger partial charge is 0.480 e. The summed E-state index contributed by atoms with van der Waals surface area (Å²) in [6.07, 6.45) is 3.02. The quantitative estimate of drug-likeness (QED) is 0.646. The summed E-state index contributed by atoms with van der Waals surface area (Å²) in [5.41, 5.74) is -0.928. The highest BCUT2D eigenvalue weighted by Crippen LogP contribution is 1.90. The van der Waals surface area contributed by atoms with E-state index >= 15 is 0 Å². The minimum atomic E-state index is -1.14. The zero-order valence-electron chi connectivity index (χ0n) is 7.90. The zero-order chi connectivity index (χ0) is 11.4. The van der Waals surface area contributed by atoms with E-state index in [2.05, 4.69) is 6.58 Å². The molecule has 0 saturated heterocycles. The summed E-state index contributed by atoms with van der Waals surface area (Å²) >= 11 is 0. The molecule has 0 aliphatic carbocycles. The number of allylic oxidation sites excluding steroid dienone is 1. The van der Waals surface area contributed by atoms with E-state index in [1.54, 1.807) is 0 Å². The van der Waals surface area contributed by atoms with Crippen LogP contribution in [0.4, 0.5) is 0 Å². The van der Waals surface area contributed by atoms with Gasteiger partial charge >= 0.3 is 11.7 Å². The lowest BCUT2D eigenvalue weighted by molar-refractivity contribution is -0.137. The van der Waals surface area contributed by atoms with E-state index in [0.717, 1.165) is 4.57 Å². The van der Waals surface area contributed by atoms with Gasteiger partial charge in [0.1, 0.15) is 6.54 Å². The molecule has 6 heteroatoms. The van der Waals surface area contributed by atoms with Crippen molar-refractivity contribution in [1.82, 2.24) is 9.55 Å². The molecule has 0 radical (unpaired) electrons. The maximum absolute atomic E-state index is 11.2. The number of nitrogens with one attached hydrogen (secondary N) is 1. The van der Waals surface area contributed by atoms with Crippen molar-refractivity contribution in [2.75, 3.05) is 0 Å². The van der Waals surface area contributed by atoms with Gasteiger partial charge in [0.05, 0.1) is 0 Å². The average molecular weight is 210 g/mol. The third-order valence-electron chi connectivity index (χ3n) is 1.75. The molecule has 0 bridgehead atoms. The Morgan fingerprint density at radius 1 is 1.60 bits per heavy atom. The number of carboxylic acids is 1. The molecule has 1 rings (SSSR count). The lowest BCUT2D eigenvalue weighted by Gasteiger charge is -2.02. The summed E-state index contributed by atoms with van der Waals surface area (Å²) in [4.78, 5) is 34.8. The molecule has 1 aromatic heterocycles. The Labute approximate surface area is 84.5 Å². The monoisotopic (exact) mass is 210 g/mol. The van der Waals surface area contributed by atoms with E-state index in [1.807, 2.05) is 4.98 Å². The average Bonchev–Trinajstić information content (AvgIpc) is 2.12. The van der Waals surface area contributed by atoms with Gasteiger partial charge in [0.2, 0.25) is 0 Å². The van der Waals surface area contributed by atoms with Gasteiger partial charge in [-0.05, 0) is 6.42 Å². The van der Waals surface area contributed by atoms with Crippen molar-refractivity contribution < 1.29 is 9.90 Å². The van der Waals surface area contributed by atoms with Crippen molar-refractivity contribution >= 4 is 5.97 Å². The Bertz CT molecular complexity index is 498. The molecule has 2 N–H and O–H groups in total. The van der Waals surface area contributed by atoms with Crippen LogP contribution in [0.15, 0.2) is 28.4 Å². The van der Waals surface area contributed by atoms with Gasteiger partial charge in [0.15, 0.2) is 0 Å². The number of aromatic nitrogens is 2. The molecule has 80 valence electrons. The van der Waals surface area contributed by atoms with Gasteiger partial charge in [-0.2, -0.15) is 0 Å². The Kier molecular flexibility index (Phi) is 3.22. The molecule has 15 heavy (non-hydrogen) atoms. The topological polar surface area (TPSA) is 92.2 Å². The summed E-state index contributed by atoms with van der Waals surface area (Å²) in [5, 5.41) is 8.51. The van der Waals surface area contributed by atoms with Crippen LogP contribution < -0.4 is 11.2 Å². The molecule has 0 amide bonds. The van der Waals surface area contributed by atoms with E-state index in [4.69, 9.17) is 5.11 Å². The number of rotatable bonds is 4. The van der Waals surface area contributed by atoms with Gasteiger partial charge in [-0.1, -0.05) is 6.08 Å². The number of aromatic amines is 1. The second-order valence-corrected chi connectivity index (χ2v) is 2.93. The summed E-state index contributed by atoms with van der Waals surface area (Å²) in [6, 6.07) is 0. The number of H-pyrrole nitrogens is 1. The zero-order valence-corrected chi connectivity index (χ0v) is 7.90. The second-order valence-electron chi connectivity index (χ2n) is 2.93. The molecule has 6 nitrogen and oxygen atoms in total. The van der Waals surface area contributed by atoms with Gasteiger partial charge in [0.25, 0.3) is 5.56 Å². The number of carboxylic acid groups (broad SMARTS) is 1. The van der Waals surface area contributed by atoms with Crippen LogP contribution in [0, 0.1) is 0 Å². The van der Waals surface area contributed by atoms with Crippen LogP contribution in [0.3, 0.4) is 0 Å². The van der Waals surface area contributed by atoms with Crippen LogP contribution in [0.2, 0.25) is 0 Å². The lowest BCUT2D eigenvalue weighted by atomic mass is 10.2. The Morgan fingerprint density at radius 2 is 2.27 bits per heavy atom. The molecule has 0 aliphatic rings. The van der Waals surface area contributed by atoms with Crippen molar-refractivity contribution in [2.45, 2.75) is 13.0 Å². The van der Waals surface area contributed by atoms with Gasteiger partial charge < -0.3 is 5.11 Å². The molecule has 0 saturated carbocycles. The molecule has 1 heterocycles. The molecule has 0 spiro atoms. The highest BCUT2D eigenvalue weighted by molar-refractivity contribution is 5.66. The van der Waals surface area contributed by atoms with Crippen LogP contribution in [-0.2, 0) is 17.8 Å². The molecule has 0 aliphatic heterocycles. The lowest BCUT2D eigenvalue weighted by Crippen LogP contribution is -2.33. The number of hydrogen-bond donors (Lipinski definition) is 2. The van der Waals surface area contributed by atoms with Crippen LogP contribution in [-0.4, -0.2) is 20.6 Å². The number of nitrogens with zero attached hydrogens (tertiary/aromatic N) is 1.